The summed E-state index contributed by atoms with van der Waals surface area (Å²) in [6, 6.07) is 12.0. The van der Waals surface area contributed by atoms with Gasteiger partial charge in [0.05, 0.1) is 19.1 Å². The van der Waals surface area contributed by atoms with Crippen molar-refractivity contribution in [3.63, 3.8) is 0 Å². The van der Waals surface area contributed by atoms with Crippen LogP contribution in [0.15, 0.2) is 48.5 Å². The highest BCUT2D eigenvalue weighted by molar-refractivity contribution is 7.92. The van der Waals surface area contributed by atoms with Crippen molar-refractivity contribution >= 4 is 27.5 Å². The van der Waals surface area contributed by atoms with Crippen LogP contribution in [-0.4, -0.2) is 57.1 Å². The van der Waals surface area contributed by atoms with E-state index in [4.69, 9.17) is 4.74 Å². The minimum Gasteiger partial charge on any atom is -0.497 e. The molecule has 0 aromatic heterocycles. The molecule has 0 saturated carbocycles. The Hall–Kier alpha value is -3.14. The standard InChI is InChI=1S/C26H36FN3O5S/c1-6-19(2)28-26(32)20(3)29(18-21-11-9-12-22(17-21)35-4)25(31)15-10-16-30(36(5,33)34)24-14-8-7-13-23(24)27/h7-9,11-14,17,19-20H,6,10,15-16,18H2,1-5H3,(H,28,32)/t19-,20+/m1/s1. The van der Waals surface area contributed by atoms with Crippen LogP contribution in [-0.2, 0) is 26.2 Å². The second kappa shape index (κ2) is 13.2. The van der Waals surface area contributed by atoms with Gasteiger partial charge >= 0.3 is 0 Å². The molecule has 8 nitrogen and oxygen atoms in total. The van der Waals surface area contributed by atoms with Gasteiger partial charge in [-0.05, 0) is 56.5 Å². The third-order valence-corrected chi connectivity index (χ3v) is 7.11. The first kappa shape index (κ1) is 29.1. The normalized spacial score (nSPS) is 12.9. The van der Waals surface area contributed by atoms with Gasteiger partial charge in [0.15, 0.2) is 0 Å². The van der Waals surface area contributed by atoms with E-state index in [1.165, 1.54) is 23.1 Å². The van der Waals surface area contributed by atoms with E-state index in [1.807, 2.05) is 19.9 Å². The first-order valence-electron chi connectivity index (χ1n) is 11.9. The largest absolute Gasteiger partial charge is 0.497 e. The Labute approximate surface area is 213 Å². The summed E-state index contributed by atoms with van der Waals surface area (Å²) < 4.78 is 45.2. The number of carbonyl (C=O) groups excluding carboxylic acids is 2. The van der Waals surface area contributed by atoms with Crippen LogP contribution < -0.4 is 14.4 Å². The fourth-order valence-electron chi connectivity index (χ4n) is 3.65. The Morgan fingerprint density at radius 3 is 2.42 bits per heavy atom. The average molecular weight is 522 g/mol. The predicted molar refractivity (Wildman–Crippen MR) is 139 cm³/mol. The molecule has 2 amide bonds. The summed E-state index contributed by atoms with van der Waals surface area (Å²) >= 11 is 0. The van der Waals surface area contributed by atoms with Crippen LogP contribution in [0.4, 0.5) is 10.1 Å². The van der Waals surface area contributed by atoms with Crippen molar-refractivity contribution in [3.8, 4) is 5.75 Å². The summed E-state index contributed by atoms with van der Waals surface area (Å²) in [6.45, 7) is 5.61. The van der Waals surface area contributed by atoms with Crippen LogP contribution in [0.1, 0.15) is 45.6 Å². The van der Waals surface area contributed by atoms with Crippen molar-refractivity contribution in [1.29, 1.82) is 0 Å². The molecule has 0 spiro atoms. The topological polar surface area (TPSA) is 96.0 Å². The number of benzene rings is 2. The first-order valence-corrected chi connectivity index (χ1v) is 13.8. The van der Waals surface area contributed by atoms with Gasteiger partial charge in [-0.2, -0.15) is 0 Å². The summed E-state index contributed by atoms with van der Waals surface area (Å²) in [5.74, 6) is -0.620. The molecule has 36 heavy (non-hydrogen) atoms. The lowest BCUT2D eigenvalue weighted by Crippen LogP contribution is -2.49. The van der Waals surface area contributed by atoms with Gasteiger partial charge in [0, 0.05) is 25.6 Å². The second-order valence-electron chi connectivity index (χ2n) is 8.76. The van der Waals surface area contributed by atoms with Gasteiger partial charge in [-0.1, -0.05) is 31.2 Å². The minimum atomic E-state index is -3.77. The molecule has 198 valence electrons. The fourth-order valence-corrected chi connectivity index (χ4v) is 4.62. The quantitative estimate of drug-likeness (QED) is 0.434. The maximum atomic E-state index is 14.3. The number of ether oxygens (including phenoxy) is 1. The third kappa shape index (κ3) is 8.22. The summed E-state index contributed by atoms with van der Waals surface area (Å²) in [5.41, 5.74) is 0.719. The van der Waals surface area contributed by atoms with Crippen LogP contribution in [0.2, 0.25) is 0 Å². The van der Waals surface area contributed by atoms with Gasteiger partial charge in [-0.25, -0.2) is 12.8 Å². The van der Waals surface area contributed by atoms with Crippen LogP contribution in [0, 0.1) is 5.82 Å². The molecule has 0 radical (unpaired) electrons. The summed E-state index contributed by atoms with van der Waals surface area (Å²) in [6.07, 6.45) is 1.87. The van der Waals surface area contributed by atoms with Gasteiger partial charge in [0.1, 0.15) is 17.6 Å². The average Bonchev–Trinajstić information content (AvgIpc) is 2.84. The molecule has 0 saturated heterocycles. The SMILES string of the molecule is CC[C@@H](C)NC(=O)[C@H](C)N(Cc1cccc(OC)c1)C(=O)CCCN(c1ccccc1F)S(C)(=O)=O. The Bertz CT molecular complexity index is 1140. The molecule has 1 N–H and O–H groups in total. The van der Waals surface area contributed by atoms with Gasteiger partial charge < -0.3 is 15.0 Å². The molecule has 0 unspecified atom stereocenters. The molecule has 2 aromatic carbocycles. The van der Waals surface area contributed by atoms with Crippen molar-refractivity contribution in [2.45, 2.75) is 58.7 Å². The van der Waals surface area contributed by atoms with Gasteiger partial charge in [-0.15, -0.1) is 0 Å². The van der Waals surface area contributed by atoms with Crippen LogP contribution in [0.25, 0.3) is 0 Å². The van der Waals surface area contributed by atoms with E-state index < -0.39 is 21.9 Å². The van der Waals surface area contributed by atoms with Crippen LogP contribution in [0.5, 0.6) is 5.75 Å². The molecule has 0 bridgehead atoms. The summed E-state index contributed by atoms with van der Waals surface area (Å²) in [4.78, 5) is 27.6. The molecule has 2 atom stereocenters. The van der Waals surface area contributed by atoms with Gasteiger partial charge in [-0.3, -0.25) is 13.9 Å². The molecular weight excluding hydrogens is 485 g/mol. The lowest BCUT2D eigenvalue weighted by Gasteiger charge is -2.30. The molecular formula is C26H36FN3O5S. The number of rotatable bonds is 13. The first-order chi connectivity index (χ1) is 17.0. The number of hydrogen-bond donors (Lipinski definition) is 1. The molecule has 0 aliphatic rings. The molecule has 0 aliphatic heterocycles. The summed E-state index contributed by atoms with van der Waals surface area (Å²) in [7, 11) is -2.22. The maximum absolute atomic E-state index is 14.3. The molecule has 2 rings (SSSR count). The Balaban J connectivity index is 2.20. The number of nitrogens with zero attached hydrogens (tertiary/aromatic N) is 2. The zero-order valence-corrected chi connectivity index (χ0v) is 22.3. The highest BCUT2D eigenvalue weighted by Crippen LogP contribution is 2.22. The van der Waals surface area contributed by atoms with E-state index >= 15 is 0 Å². The number of sulfonamides is 1. The second-order valence-corrected chi connectivity index (χ2v) is 10.7. The lowest BCUT2D eigenvalue weighted by molar-refractivity contribution is -0.140. The number of para-hydroxylation sites is 1. The highest BCUT2D eigenvalue weighted by atomic mass is 32.2. The number of methoxy groups -OCH3 is 1. The van der Waals surface area contributed by atoms with Gasteiger partial charge in [0.2, 0.25) is 21.8 Å². The zero-order chi connectivity index (χ0) is 26.9. The third-order valence-electron chi connectivity index (χ3n) is 5.93. The molecule has 0 heterocycles. The molecule has 10 heteroatoms. The van der Waals surface area contributed by atoms with E-state index in [0.29, 0.717) is 5.75 Å². The predicted octanol–water partition coefficient (Wildman–Crippen LogP) is 3.71. The van der Waals surface area contributed by atoms with Crippen LogP contribution in [0.3, 0.4) is 0 Å². The van der Waals surface area contributed by atoms with E-state index in [2.05, 4.69) is 5.32 Å². The van der Waals surface area contributed by atoms with E-state index in [1.54, 1.807) is 38.3 Å². The Morgan fingerprint density at radius 1 is 1.11 bits per heavy atom. The number of anilines is 1. The monoisotopic (exact) mass is 521 g/mol. The number of amides is 2. The summed E-state index contributed by atoms with van der Waals surface area (Å²) in [5, 5.41) is 2.91. The Kier molecular flexibility index (Phi) is 10.7. The van der Waals surface area contributed by atoms with Crippen molar-refractivity contribution < 1.29 is 27.1 Å². The number of carbonyl (C=O) groups is 2. The smallest absolute Gasteiger partial charge is 0.242 e. The lowest BCUT2D eigenvalue weighted by atomic mass is 10.1. The van der Waals surface area contributed by atoms with E-state index in [-0.39, 0.29) is 49.5 Å². The molecule has 2 aromatic rings. The van der Waals surface area contributed by atoms with E-state index in [9.17, 15) is 22.4 Å². The maximum Gasteiger partial charge on any atom is 0.242 e. The van der Waals surface area contributed by atoms with Crippen LogP contribution >= 0.6 is 0 Å². The van der Waals surface area contributed by atoms with Crippen molar-refractivity contribution in [1.82, 2.24) is 10.2 Å². The minimum absolute atomic E-state index is 0.0224. The van der Waals surface area contributed by atoms with E-state index in [0.717, 1.165) is 22.5 Å². The molecule has 0 aliphatic carbocycles. The zero-order valence-electron chi connectivity index (χ0n) is 21.5. The van der Waals surface area contributed by atoms with Crippen molar-refractivity contribution in [2.75, 3.05) is 24.2 Å². The fraction of sp³-hybridized carbons (Fsp3) is 0.462. The Morgan fingerprint density at radius 2 is 1.81 bits per heavy atom. The van der Waals surface area contributed by atoms with Gasteiger partial charge in [0.25, 0.3) is 0 Å². The number of halogens is 1. The number of nitrogens with one attached hydrogen (secondary N) is 1. The van der Waals surface area contributed by atoms with Crippen molar-refractivity contribution in [2.24, 2.45) is 0 Å². The van der Waals surface area contributed by atoms with Crippen molar-refractivity contribution in [3.05, 3.63) is 59.9 Å². The number of hydrogen-bond acceptors (Lipinski definition) is 5. The molecule has 0 fully saturated rings. The highest BCUT2D eigenvalue weighted by Gasteiger charge is 2.27.